The average molecular weight is 398 g/mol. The van der Waals surface area contributed by atoms with Crippen LogP contribution in [0.2, 0.25) is 0 Å². The number of carbonyl (C=O) groups is 1. The Morgan fingerprint density at radius 1 is 1.11 bits per heavy atom. The molecule has 6 nitrogen and oxygen atoms in total. The number of thioether (sulfide) groups is 1. The molecule has 4 rings (SSSR count). The fraction of sp³-hybridized carbons (Fsp3) is 0.333. The number of nitrogens with zero attached hydrogens (tertiary/aromatic N) is 2. The average Bonchev–Trinajstić information content (AvgIpc) is 3.04. The van der Waals surface area contributed by atoms with E-state index in [1.54, 1.807) is 0 Å². The summed E-state index contributed by atoms with van der Waals surface area (Å²) in [7, 11) is 0. The predicted molar refractivity (Wildman–Crippen MR) is 110 cm³/mol. The van der Waals surface area contributed by atoms with Crippen LogP contribution in [0.5, 0.6) is 0 Å². The summed E-state index contributed by atoms with van der Waals surface area (Å²) < 4.78 is 0. The molecule has 1 heterocycles. The van der Waals surface area contributed by atoms with Gasteiger partial charge in [-0.1, -0.05) is 60.3 Å². The number of aliphatic hydroxyl groups is 2. The van der Waals surface area contributed by atoms with Gasteiger partial charge in [-0.05, 0) is 24.1 Å². The number of hydrogen-bond donors (Lipinski definition) is 3. The van der Waals surface area contributed by atoms with Crippen molar-refractivity contribution in [1.29, 1.82) is 0 Å². The number of fused-ring (bicyclic) bond motifs is 1. The molecule has 2 aromatic carbocycles. The molecule has 5 atom stereocenters. The zero-order valence-corrected chi connectivity index (χ0v) is 16.1. The molecule has 0 spiro atoms. The van der Waals surface area contributed by atoms with Gasteiger partial charge in [-0.3, -0.25) is 4.79 Å². The maximum atomic E-state index is 12.0. The Kier molecular flexibility index (Phi) is 5.39. The van der Waals surface area contributed by atoms with E-state index in [2.05, 4.69) is 0 Å². The van der Waals surface area contributed by atoms with Crippen LogP contribution in [0, 0.1) is 5.92 Å². The molecule has 1 saturated heterocycles. The SMILES string of the molecule is NC(=O)[C@H]1C[C@@H](O)[C@H](O)[C@H]2[C@@H]1SC(=Nc1ccccc1)N2Cc1ccccc1. The summed E-state index contributed by atoms with van der Waals surface area (Å²) in [5.74, 6) is -0.968. The molecule has 0 radical (unpaired) electrons. The molecule has 2 aromatic rings. The highest BCUT2D eigenvalue weighted by molar-refractivity contribution is 8.14. The minimum absolute atomic E-state index is 0.169. The second-order valence-corrected chi connectivity index (χ2v) is 8.36. The van der Waals surface area contributed by atoms with E-state index in [0.29, 0.717) is 6.54 Å². The molecule has 2 aliphatic rings. The van der Waals surface area contributed by atoms with Crippen molar-refractivity contribution in [2.24, 2.45) is 16.6 Å². The van der Waals surface area contributed by atoms with Crippen molar-refractivity contribution < 1.29 is 15.0 Å². The highest BCUT2D eigenvalue weighted by Gasteiger charge is 2.54. The fourth-order valence-corrected chi connectivity index (χ4v) is 5.54. The molecule has 1 aliphatic carbocycles. The van der Waals surface area contributed by atoms with E-state index >= 15 is 0 Å². The van der Waals surface area contributed by atoms with E-state index in [0.717, 1.165) is 16.4 Å². The molecule has 0 aromatic heterocycles. The Balaban J connectivity index is 1.74. The Bertz CT molecular complexity index is 862. The maximum absolute atomic E-state index is 12.0. The zero-order chi connectivity index (χ0) is 19.7. The number of aliphatic hydroxyl groups excluding tert-OH is 2. The van der Waals surface area contributed by atoms with Crippen LogP contribution in [-0.4, -0.2) is 49.7 Å². The number of amidine groups is 1. The van der Waals surface area contributed by atoms with E-state index in [1.807, 2.05) is 65.6 Å². The van der Waals surface area contributed by atoms with Crippen molar-refractivity contribution in [3.05, 3.63) is 66.2 Å². The molecule has 0 unspecified atom stereocenters. The molecular weight excluding hydrogens is 374 g/mol. The van der Waals surface area contributed by atoms with Gasteiger partial charge in [-0.15, -0.1) is 0 Å². The van der Waals surface area contributed by atoms with Gasteiger partial charge < -0.3 is 20.8 Å². The molecule has 2 fully saturated rings. The van der Waals surface area contributed by atoms with Crippen LogP contribution in [0.1, 0.15) is 12.0 Å². The van der Waals surface area contributed by atoms with Crippen molar-refractivity contribution >= 4 is 28.5 Å². The summed E-state index contributed by atoms with van der Waals surface area (Å²) in [6.07, 6.45) is -1.79. The number of carbonyl (C=O) groups excluding carboxylic acids is 1. The highest BCUT2D eigenvalue weighted by atomic mass is 32.2. The number of primary amides is 1. The molecular formula is C21H23N3O3S. The Morgan fingerprint density at radius 2 is 1.75 bits per heavy atom. The van der Waals surface area contributed by atoms with Crippen LogP contribution in [0.15, 0.2) is 65.7 Å². The highest BCUT2D eigenvalue weighted by Crippen LogP contribution is 2.45. The number of nitrogens with two attached hydrogens (primary N) is 1. The van der Waals surface area contributed by atoms with Crippen molar-refractivity contribution in [2.75, 3.05) is 0 Å². The summed E-state index contributed by atoms with van der Waals surface area (Å²) in [4.78, 5) is 18.8. The van der Waals surface area contributed by atoms with Gasteiger partial charge >= 0.3 is 0 Å². The standard InChI is InChI=1S/C21H23N3O3S/c22-20(27)15-11-16(25)18(26)17-19(15)28-21(23-14-9-5-2-6-10-14)24(17)12-13-7-3-1-4-8-13/h1-10,15-19,25-26H,11-12H2,(H2,22,27)/t15-,16+,17-,18-,19+/m0/s1. The Hall–Kier alpha value is -2.35. The topological polar surface area (TPSA) is 99.2 Å². The second kappa shape index (κ2) is 7.95. The smallest absolute Gasteiger partial charge is 0.221 e. The van der Waals surface area contributed by atoms with Gasteiger partial charge in [0.15, 0.2) is 5.17 Å². The van der Waals surface area contributed by atoms with Gasteiger partial charge in [0, 0.05) is 11.8 Å². The normalized spacial score (nSPS) is 31.0. The van der Waals surface area contributed by atoms with Crippen LogP contribution in [-0.2, 0) is 11.3 Å². The number of amides is 1. The first-order chi connectivity index (χ1) is 13.5. The van der Waals surface area contributed by atoms with Gasteiger partial charge in [-0.2, -0.15) is 0 Å². The van der Waals surface area contributed by atoms with Gasteiger partial charge in [0.2, 0.25) is 5.91 Å². The molecule has 0 bridgehead atoms. The number of benzene rings is 2. The lowest BCUT2D eigenvalue weighted by Gasteiger charge is -2.41. The Morgan fingerprint density at radius 3 is 2.39 bits per heavy atom. The molecule has 4 N–H and O–H groups in total. The van der Waals surface area contributed by atoms with Crippen molar-refractivity contribution in [2.45, 2.75) is 36.5 Å². The number of para-hydroxylation sites is 1. The van der Waals surface area contributed by atoms with Gasteiger partial charge in [0.1, 0.15) is 6.10 Å². The minimum atomic E-state index is -0.992. The first-order valence-electron chi connectivity index (χ1n) is 9.31. The number of aliphatic imine (C=N–C) groups is 1. The van der Waals surface area contributed by atoms with Crippen molar-refractivity contribution in [3.63, 3.8) is 0 Å². The lowest BCUT2D eigenvalue weighted by Crippen LogP contribution is -2.58. The number of hydrogen-bond acceptors (Lipinski definition) is 5. The summed E-state index contributed by atoms with van der Waals surface area (Å²) in [5, 5.41) is 21.6. The monoisotopic (exact) mass is 397 g/mol. The predicted octanol–water partition coefficient (Wildman–Crippen LogP) is 1.89. The molecule has 1 amide bonds. The third-order valence-electron chi connectivity index (χ3n) is 5.36. The second-order valence-electron chi connectivity index (χ2n) is 7.22. The summed E-state index contributed by atoms with van der Waals surface area (Å²) >= 11 is 1.46. The van der Waals surface area contributed by atoms with Crippen LogP contribution >= 0.6 is 11.8 Å². The van der Waals surface area contributed by atoms with E-state index in [1.165, 1.54) is 11.8 Å². The van der Waals surface area contributed by atoms with Gasteiger partial charge in [0.05, 0.1) is 23.8 Å². The summed E-state index contributed by atoms with van der Waals surface area (Å²) in [6, 6.07) is 19.0. The summed E-state index contributed by atoms with van der Waals surface area (Å²) in [5.41, 5.74) is 7.48. The van der Waals surface area contributed by atoms with Crippen LogP contribution in [0.3, 0.4) is 0 Å². The van der Waals surface area contributed by atoms with Crippen molar-refractivity contribution in [3.8, 4) is 0 Å². The van der Waals surface area contributed by atoms with E-state index in [4.69, 9.17) is 10.7 Å². The molecule has 146 valence electrons. The molecule has 28 heavy (non-hydrogen) atoms. The third kappa shape index (κ3) is 3.65. The van der Waals surface area contributed by atoms with E-state index < -0.39 is 30.1 Å². The van der Waals surface area contributed by atoms with Crippen molar-refractivity contribution in [1.82, 2.24) is 4.90 Å². The molecule has 7 heteroatoms. The van der Waals surface area contributed by atoms with Crippen LogP contribution in [0.25, 0.3) is 0 Å². The summed E-state index contributed by atoms with van der Waals surface area (Å²) in [6.45, 7) is 0.524. The Labute approximate surface area is 168 Å². The maximum Gasteiger partial charge on any atom is 0.221 e. The third-order valence-corrected chi connectivity index (χ3v) is 6.78. The van der Waals surface area contributed by atoms with Gasteiger partial charge in [0.25, 0.3) is 0 Å². The first kappa shape index (κ1) is 19.0. The largest absolute Gasteiger partial charge is 0.390 e. The first-order valence-corrected chi connectivity index (χ1v) is 10.2. The molecule has 1 aliphatic heterocycles. The van der Waals surface area contributed by atoms with E-state index in [9.17, 15) is 15.0 Å². The quantitative estimate of drug-likeness (QED) is 0.732. The fourth-order valence-electron chi connectivity index (χ4n) is 3.96. The van der Waals surface area contributed by atoms with E-state index in [-0.39, 0.29) is 11.7 Å². The van der Waals surface area contributed by atoms with Crippen LogP contribution in [0.4, 0.5) is 5.69 Å². The van der Waals surface area contributed by atoms with Crippen LogP contribution < -0.4 is 5.73 Å². The lowest BCUT2D eigenvalue weighted by atomic mass is 9.80. The number of rotatable bonds is 4. The lowest BCUT2D eigenvalue weighted by molar-refractivity contribution is -0.128. The zero-order valence-electron chi connectivity index (χ0n) is 15.3. The van der Waals surface area contributed by atoms with Gasteiger partial charge in [-0.25, -0.2) is 4.99 Å². The molecule has 1 saturated carbocycles. The minimum Gasteiger partial charge on any atom is -0.390 e.